The Morgan fingerprint density at radius 3 is 2.73 bits per heavy atom. The smallest absolute Gasteiger partial charge is 0.339 e. The standard InChI is InChI=1S/C21H25N3O2/c1-6-16-9-7-8-13(2)18(16)11-22-19-10-17(21(25)26-5)12-24-15(4)14(3)23-20(19)24/h7-10,12,22H,6,11H2,1-5H3. The summed E-state index contributed by atoms with van der Waals surface area (Å²) in [4.78, 5) is 16.7. The Kier molecular flexibility index (Phi) is 4.98. The van der Waals surface area contributed by atoms with E-state index in [0.717, 1.165) is 29.1 Å². The maximum atomic E-state index is 12.1. The van der Waals surface area contributed by atoms with E-state index in [2.05, 4.69) is 42.3 Å². The molecule has 0 unspecified atom stereocenters. The lowest BCUT2D eigenvalue weighted by Crippen LogP contribution is -2.09. The second-order valence-corrected chi connectivity index (χ2v) is 6.53. The molecule has 0 saturated carbocycles. The van der Waals surface area contributed by atoms with Crippen LogP contribution in [0.3, 0.4) is 0 Å². The quantitative estimate of drug-likeness (QED) is 0.699. The fourth-order valence-corrected chi connectivity index (χ4v) is 3.26. The Morgan fingerprint density at radius 2 is 2.04 bits per heavy atom. The number of fused-ring (bicyclic) bond motifs is 1. The fraction of sp³-hybridized carbons (Fsp3) is 0.333. The Labute approximate surface area is 154 Å². The summed E-state index contributed by atoms with van der Waals surface area (Å²) in [7, 11) is 1.40. The Balaban J connectivity index is 2.04. The van der Waals surface area contributed by atoms with Gasteiger partial charge in [-0.25, -0.2) is 9.78 Å². The topological polar surface area (TPSA) is 55.6 Å². The molecule has 0 aliphatic rings. The van der Waals surface area contributed by atoms with Crippen LogP contribution in [-0.2, 0) is 17.7 Å². The van der Waals surface area contributed by atoms with Crippen molar-refractivity contribution in [2.24, 2.45) is 0 Å². The van der Waals surface area contributed by atoms with Gasteiger partial charge in [-0.2, -0.15) is 0 Å². The van der Waals surface area contributed by atoms with Crippen molar-refractivity contribution in [3.05, 3.63) is 64.1 Å². The fourth-order valence-electron chi connectivity index (χ4n) is 3.26. The monoisotopic (exact) mass is 351 g/mol. The molecule has 0 spiro atoms. The van der Waals surface area contributed by atoms with Crippen LogP contribution in [0.4, 0.5) is 5.69 Å². The van der Waals surface area contributed by atoms with Crippen molar-refractivity contribution in [3.63, 3.8) is 0 Å². The molecule has 26 heavy (non-hydrogen) atoms. The molecule has 1 aromatic carbocycles. The molecule has 3 rings (SSSR count). The third kappa shape index (κ3) is 3.17. The third-order valence-electron chi connectivity index (χ3n) is 4.96. The second kappa shape index (κ2) is 7.20. The Hall–Kier alpha value is -2.82. The molecule has 2 heterocycles. The zero-order valence-corrected chi connectivity index (χ0v) is 16.0. The van der Waals surface area contributed by atoms with Gasteiger partial charge in [0.15, 0.2) is 5.65 Å². The zero-order valence-electron chi connectivity index (χ0n) is 16.0. The van der Waals surface area contributed by atoms with Crippen LogP contribution in [0.1, 0.15) is 45.4 Å². The number of rotatable bonds is 5. The number of anilines is 1. The summed E-state index contributed by atoms with van der Waals surface area (Å²) in [5.41, 5.74) is 7.98. The number of aromatic nitrogens is 2. The van der Waals surface area contributed by atoms with Crippen LogP contribution in [0.2, 0.25) is 0 Å². The first-order valence-corrected chi connectivity index (χ1v) is 8.85. The number of hydrogen-bond donors (Lipinski definition) is 1. The summed E-state index contributed by atoms with van der Waals surface area (Å²) >= 11 is 0. The van der Waals surface area contributed by atoms with Gasteiger partial charge in [0.25, 0.3) is 0 Å². The highest BCUT2D eigenvalue weighted by Gasteiger charge is 2.15. The van der Waals surface area contributed by atoms with E-state index >= 15 is 0 Å². The van der Waals surface area contributed by atoms with E-state index in [1.165, 1.54) is 23.8 Å². The number of nitrogens with one attached hydrogen (secondary N) is 1. The predicted octanol–water partition coefficient (Wildman–Crippen LogP) is 4.22. The van der Waals surface area contributed by atoms with Gasteiger partial charge in [0.05, 0.1) is 24.1 Å². The molecular formula is C21H25N3O2. The molecule has 3 aromatic rings. The van der Waals surface area contributed by atoms with Crippen molar-refractivity contribution >= 4 is 17.3 Å². The van der Waals surface area contributed by atoms with Gasteiger partial charge in [0.1, 0.15) is 0 Å². The van der Waals surface area contributed by atoms with Crippen LogP contribution in [0, 0.1) is 20.8 Å². The van der Waals surface area contributed by atoms with Crippen LogP contribution in [-0.4, -0.2) is 22.5 Å². The van der Waals surface area contributed by atoms with Gasteiger partial charge in [-0.3, -0.25) is 0 Å². The number of imidazole rings is 1. The van der Waals surface area contributed by atoms with Gasteiger partial charge in [0, 0.05) is 18.4 Å². The van der Waals surface area contributed by atoms with E-state index in [1.54, 1.807) is 6.20 Å². The van der Waals surface area contributed by atoms with Gasteiger partial charge >= 0.3 is 5.97 Å². The van der Waals surface area contributed by atoms with Crippen LogP contribution in [0.25, 0.3) is 5.65 Å². The number of hydrogen-bond acceptors (Lipinski definition) is 4. The molecule has 0 saturated heterocycles. The average molecular weight is 351 g/mol. The largest absolute Gasteiger partial charge is 0.465 e. The minimum atomic E-state index is -0.356. The highest BCUT2D eigenvalue weighted by Crippen LogP contribution is 2.24. The number of aryl methyl sites for hydroxylation is 4. The molecule has 0 aliphatic heterocycles. The lowest BCUT2D eigenvalue weighted by molar-refractivity contribution is 0.0600. The van der Waals surface area contributed by atoms with Crippen molar-refractivity contribution in [1.29, 1.82) is 0 Å². The van der Waals surface area contributed by atoms with Crippen molar-refractivity contribution < 1.29 is 9.53 Å². The van der Waals surface area contributed by atoms with Crippen LogP contribution in [0.15, 0.2) is 30.5 Å². The number of ether oxygens (including phenoxy) is 1. The number of pyridine rings is 1. The maximum absolute atomic E-state index is 12.1. The van der Waals surface area contributed by atoms with Crippen LogP contribution >= 0.6 is 0 Å². The first-order valence-electron chi connectivity index (χ1n) is 8.85. The van der Waals surface area contributed by atoms with Crippen LogP contribution < -0.4 is 5.32 Å². The number of benzene rings is 1. The van der Waals surface area contributed by atoms with Crippen molar-refractivity contribution in [2.75, 3.05) is 12.4 Å². The molecule has 1 N–H and O–H groups in total. The molecule has 2 aromatic heterocycles. The molecule has 0 amide bonds. The summed E-state index contributed by atoms with van der Waals surface area (Å²) in [6.45, 7) is 8.94. The summed E-state index contributed by atoms with van der Waals surface area (Å²) in [5.74, 6) is -0.356. The van der Waals surface area contributed by atoms with E-state index in [9.17, 15) is 4.79 Å². The van der Waals surface area contributed by atoms with Gasteiger partial charge < -0.3 is 14.5 Å². The minimum Gasteiger partial charge on any atom is -0.465 e. The van der Waals surface area contributed by atoms with Crippen molar-refractivity contribution in [2.45, 2.75) is 40.7 Å². The third-order valence-corrected chi connectivity index (χ3v) is 4.96. The molecule has 5 heteroatoms. The predicted molar refractivity (Wildman–Crippen MR) is 104 cm³/mol. The van der Waals surface area contributed by atoms with Gasteiger partial charge in [-0.05, 0) is 49.9 Å². The van der Waals surface area contributed by atoms with Crippen molar-refractivity contribution in [1.82, 2.24) is 9.38 Å². The van der Waals surface area contributed by atoms with Gasteiger partial charge in [0.2, 0.25) is 0 Å². The number of esters is 1. The minimum absolute atomic E-state index is 0.356. The molecular weight excluding hydrogens is 326 g/mol. The molecule has 5 nitrogen and oxygen atoms in total. The summed E-state index contributed by atoms with van der Waals surface area (Å²) in [6.07, 6.45) is 2.77. The maximum Gasteiger partial charge on any atom is 0.339 e. The van der Waals surface area contributed by atoms with E-state index < -0.39 is 0 Å². The Bertz CT molecular complexity index is 973. The lowest BCUT2D eigenvalue weighted by atomic mass is 10.00. The lowest BCUT2D eigenvalue weighted by Gasteiger charge is -2.15. The van der Waals surface area contributed by atoms with E-state index in [4.69, 9.17) is 4.74 Å². The molecule has 0 atom stereocenters. The van der Waals surface area contributed by atoms with Crippen molar-refractivity contribution in [3.8, 4) is 0 Å². The van der Waals surface area contributed by atoms with Crippen LogP contribution in [0.5, 0.6) is 0 Å². The first-order chi connectivity index (χ1) is 12.5. The summed E-state index contributed by atoms with van der Waals surface area (Å²) < 4.78 is 6.85. The number of carbonyl (C=O) groups excluding carboxylic acids is 1. The average Bonchev–Trinajstić information content (AvgIpc) is 2.94. The molecule has 0 fully saturated rings. The highest BCUT2D eigenvalue weighted by atomic mass is 16.5. The first kappa shape index (κ1) is 18.0. The highest BCUT2D eigenvalue weighted by molar-refractivity contribution is 5.91. The normalized spacial score (nSPS) is 11.0. The number of carbonyl (C=O) groups is 1. The van der Waals surface area contributed by atoms with E-state index in [0.29, 0.717) is 12.1 Å². The van der Waals surface area contributed by atoms with Gasteiger partial charge in [-0.1, -0.05) is 25.1 Å². The van der Waals surface area contributed by atoms with E-state index in [-0.39, 0.29) is 5.97 Å². The molecule has 0 aliphatic carbocycles. The van der Waals surface area contributed by atoms with Gasteiger partial charge in [-0.15, -0.1) is 0 Å². The summed E-state index contributed by atoms with van der Waals surface area (Å²) in [5, 5.41) is 3.49. The molecule has 0 radical (unpaired) electrons. The zero-order chi connectivity index (χ0) is 18.8. The van der Waals surface area contributed by atoms with E-state index in [1.807, 2.05) is 24.3 Å². The molecule has 0 bridgehead atoms. The second-order valence-electron chi connectivity index (χ2n) is 6.53. The number of nitrogens with zero attached hydrogens (tertiary/aromatic N) is 2. The summed E-state index contributed by atoms with van der Waals surface area (Å²) in [6, 6.07) is 8.20. The SMILES string of the molecule is CCc1cccc(C)c1CNc1cc(C(=O)OC)cn2c(C)c(C)nc12. The molecule has 136 valence electrons. The number of methoxy groups -OCH3 is 1. The Morgan fingerprint density at radius 1 is 1.27 bits per heavy atom.